The maximum Gasteiger partial charge on any atom is 0.241 e. The molecule has 0 fully saturated rings. The largest absolute Gasteiger partial charge is 0.381 e. The summed E-state index contributed by atoms with van der Waals surface area (Å²) in [5.41, 5.74) is 6.29. The molecule has 5 aromatic rings. The number of carbonyl (C=O) groups excluding carboxylic acids is 1. The number of nitrogens with one attached hydrogen (secondary N) is 1. The number of aromatic nitrogens is 5. The summed E-state index contributed by atoms with van der Waals surface area (Å²) in [6.07, 6.45) is 4.67. The van der Waals surface area contributed by atoms with Gasteiger partial charge in [0, 0.05) is 22.7 Å². The van der Waals surface area contributed by atoms with Crippen LogP contribution in [0, 0.1) is 11.6 Å². The maximum atomic E-state index is 14.8. The second-order valence-corrected chi connectivity index (χ2v) is 9.11. The van der Waals surface area contributed by atoms with E-state index in [-0.39, 0.29) is 24.6 Å². The molecule has 11 heteroatoms. The van der Waals surface area contributed by atoms with Crippen molar-refractivity contribution < 1.29 is 18.7 Å². The van der Waals surface area contributed by atoms with E-state index in [0.717, 1.165) is 17.7 Å². The Bertz CT molecular complexity index is 1560. The fraction of sp³-hybridized carbons (Fsp3) is 0.185. The van der Waals surface area contributed by atoms with Crippen molar-refractivity contribution in [2.75, 3.05) is 5.32 Å². The van der Waals surface area contributed by atoms with Crippen LogP contribution in [0.1, 0.15) is 11.1 Å². The van der Waals surface area contributed by atoms with Crippen molar-refractivity contribution in [1.29, 1.82) is 0 Å². The van der Waals surface area contributed by atoms with Crippen molar-refractivity contribution in [1.82, 2.24) is 24.5 Å². The van der Waals surface area contributed by atoms with Crippen LogP contribution in [0.3, 0.4) is 0 Å². The van der Waals surface area contributed by atoms with Crippen LogP contribution < -0.4 is 11.1 Å². The Kier molecular flexibility index (Phi) is 6.95. The van der Waals surface area contributed by atoms with Crippen LogP contribution in [0.5, 0.6) is 0 Å². The summed E-state index contributed by atoms with van der Waals surface area (Å²) < 4.78 is 31.2. The molecule has 2 atom stereocenters. The van der Waals surface area contributed by atoms with Crippen molar-refractivity contribution in [2.45, 2.75) is 31.2 Å². The molecular weight excluding hydrogens is 492 g/mol. The average Bonchev–Trinajstić information content (AvgIpc) is 3.54. The van der Waals surface area contributed by atoms with Gasteiger partial charge in [0.1, 0.15) is 29.9 Å². The zero-order valence-electron chi connectivity index (χ0n) is 20.2. The number of amides is 1. The third-order valence-electron chi connectivity index (χ3n) is 6.28. The molecule has 194 valence electrons. The molecule has 2 heterocycles. The second-order valence-electron chi connectivity index (χ2n) is 9.11. The van der Waals surface area contributed by atoms with E-state index in [4.69, 9.17) is 5.73 Å². The van der Waals surface area contributed by atoms with Crippen molar-refractivity contribution in [2.24, 2.45) is 5.73 Å². The quantitative estimate of drug-likeness (QED) is 0.276. The summed E-state index contributed by atoms with van der Waals surface area (Å²) in [6, 6.07) is 17.0. The first-order valence-corrected chi connectivity index (χ1v) is 11.9. The Balaban J connectivity index is 1.37. The minimum atomic E-state index is -1.83. The number of anilines is 1. The molecule has 0 aliphatic carbocycles. The first-order valence-electron chi connectivity index (χ1n) is 11.9. The van der Waals surface area contributed by atoms with Gasteiger partial charge < -0.3 is 16.2 Å². The lowest BCUT2D eigenvalue weighted by Crippen LogP contribution is -2.38. The molecule has 0 aliphatic heterocycles. The van der Waals surface area contributed by atoms with Crippen molar-refractivity contribution in [3.05, 3.63) is 108 Å². The molecule has 38 heavy (non-hydrogen) atoms. The SMILES string of the molecule is N[C@@H](Cc1ccccc1)C(=O)Nc1ccc2c(cnn2CC(O)(Cn2cncn2)c2ccc(F)cc2F)c1. The second kappa shape index (κ2) is 10.5. The van der Waals surface area contributed by atoms with Crippen LogP contribution >= 0.6 is 0 Å². The molecule has 9 nitrogen and oxygen atoms in total. The van der Waals surface area contributed by atoms with E-state index in [1.54, 1.807) is 24.4 Å². The predicted molar refractivity (Wildman–Crippen MR) is 137 cm³/mol. The lowest BCUT2D eigenvalue weighted by molar-refractivity contribution is -0.117. The van der Waals surface area contributed by atoms with Gasteiger partial charge in [-0.3, -0.25) is 9.48 Å². The van der Waals surface area contributed by atoms with E-state index in [0.29, 0.717) is 23.0 Å². The lowest BCUT2D eigenvalue weighted by atomic mass is 9.92. The van der Waals surface area contributed by atoms with E-state index in [9.17, 15) is 18.7 Å². The molecule has 0 radical (unpaired) electrons. The lowest BCUT2D eigenvalue weighted by Gasteiger charge is -2.29. The highest BCUT2D eigenvalue weighted by Gasteiger charge is 2.35. The summed E-state index contributed by atoms with van der Waals surface area (Å²) in [7, 11) is 0. The van der Waals surface area contributed by atoms with Gasteiger partial charge in [-0.25, -0.2) is 18.4 Å². The van der Waals surface area contributed by atoms with E-state index < -0.39 is 23.3 Å². The summed E-state index contributed by atoms with van der Waals surface area (Å²) in [4.78, 5) is 16.5. The molecule has 0 aliphatic rings. The number of nitrogens with zero attached hydrogens (tertiary/aromatic N) is 5. The van der Waals surface area contributed by atoms with Crippen molar-refractivity contribution >= 4 is 22.5 Å². The number of hydrogen-bond acceptors (Lipinski definition) is 6. The summed E-state index contributed by atoms with van der Waals surface area (Å²) in [5.74, 6) is -1.97. The van der Waals surface area contributed by atoms with Crippen LogP contribution in [-0.2, 0) is 29.9 Å². The van der Waals surface area contributed by atoms with Gasteiger partial charge in [-0.05, 0) is 36.2 Å². The Hall–Kier alpha value is -4.48. The van der Waals surface area contributed by atoms with Gasteiger partial charge in [0.2, 0.25) is 5.91 Å². The van der Waals surface area contributed by atoms with Crippen LogP contribution in [0.15, 0.2) is 85.6 Å². The Morgan fingerprint density at radius 3 is 2.61 bits per heavy atom. The molecule has 5 rings (SSSR count). The van der Waals surface area contributed by atoms with Crippen molar-refractivity contribution in [3.8, 4) is 0 Å². The fourth-order valence-electron chi connectivity index (χ4n) is 4.40. The van der Waals surface area contributed by atoms with Gasteiger partial charge in [-0.1, -0.05) is 36.4 Å². The van der Waals surface area contributed by atoms with Gasteiger partial charge >= 0.3 is 0 Å². The number of benzene rings is 3. The number of rotatable bonds is 9. The number of nitrogens with two attached hydrogens (primary N) is 1. The van der Waals surface area contributed by atoms with Gasteiger partial charge in [0.15, 0.2) is 0 Å². The Morgan fingerprint density at radius 2 is 1.87 bits per heavy atom. The zero-order chi connectivity index (χ0) is 26.7. The number of halogens is 2. The standard InChI is InChI=1S/C27H25F2N7O2/c28-20-6-8-22(23(29)12-20)27(38,14-35-17-31-16-33-35)15-36-25-9-7-21(11-19(25)13-32-36)34-26(37)24(30)10-18-4-2-1-3-5-18/h1-9,11-13,16-17,24,38H,10,14-15,30H2,(H,34,37)/t24-,27?/m0/s1. The van der Waals surface area contributed by atoms with Crippen LogP contribution in [-0.4, -0.2) is 41.6 Å². The van der Waals surface area contributed by atoms with E-state index >= 15 is 0 Å². The molecule has 3 aromatic carbocycles. The summed E-state index contributed by atoms with van der Waals surface area (Å²) in [5, 5.41) is 23.5. The third kappa shape index (κ3) is 5.43. The highest BCUT2D eigenvalue weighted by molar-refractivity contribution is 5.96. The molecule has 1 amide bonds. The summed E-state index contributed by atoms with van der Waals surface area (Å²) >= 11 is 0. The highest BCUT2D eigenvalue weighted by Crippen LogP contribution is 2.30. The smallest absolute Gasteiger partial charge is 0.241 e. The Labute approximate surface area is 216 Å². The maximum absolute atomic E-state index is 14.8. The first kappa shape index (κ1) is 25.2. The molecule has 4 N–H and O–H groups in total. The minimum absolute atomic E-state index is 0.102. The number of carbonyl (C=O) groups is 1. The van der Waals surface area contributed by atoms with Crippen LogP contribution in [0.25, 0.3) is 10.9 Å². The van der Waals surface area contributed by atoms with E-state index in [1.807, 2.05) is 30.3 Å². The number of fused-ring (bicyclic) bond motifs is 1. The molecule has 0 saturated carbocycles. The molecule has 1 unspecified atom stereocenters. The molecule has 0 bridgehead atoms. The topological polar surface area (TPSA) is 124 Å². The van der Waals surface area contributed by atoms with Crippen LogP contribution in [0.2, 0.25) is 0 Å². The normalized spacial score (nSPS) is 13.8. The third-order valence-corrected chi connectivity index (χ3v) is 6.28. The van der Waals surface area contributed by atoms with Crippen molar-refractivity contribution in [3.63, 3.8) is 0 Å². The van der Waals surface area contributed by atoms with E-state index in [2.05, 4.69) is 20.5 Å². The first-order chi connectivity index (χ1) is 18.3. The molecule has 0 saturated heterocycles. The number of hydrogen-bond donors (Lipinski definition) is 3. The van der Waals surface area contributed by atoms with Gasteiger partial charge in [-0.2, -0.15) is 10.2 Å². The van der Waals surface area contributed by atoms with E-state index in [1.165, 1.54) is 28.1 Å². The molecule has 2 aromatic heterocycles. The van der Waals surface area contributed by atoms with Gasteiger partial charge in [-0.15, -0.1) is 0 Å². The summed E-state index contributed by atoms with van der Waals surface area (Å²) in [6.45, 7) is -0.309. The average molecular weight is 518 g/mol. The monoisotopic (exact) mass is 517 g/mol. The fourth-order valence-corrected chi connectivity index (χ4v) is 4.40. The Morgan fingerprint density at radius 1 is 1.05 bits per heavy atom. The highest BCUT2D eigenvalue weighted by atomic mass is 19.1. The zero-order valence-corrected chi connectivity index (χ0v) is 20.2. The van der Waals surface area contributed by atoms with Gasteiger partial charge in [0.05, 0.1) is 30.8 Å². The predicted octanol–water partition coefficient (Wildman–Crippen LogP) is 3.00. The van der Waals surface area contributed by atoms with Gasteiger partial charge in [0.25, 0.3) is 0 Å². The molecule has 0 spiro atoms. The van der Waals surface area contributed by atoms with Crippen LogP contribution in [0.4, 0.5) is 14.5 Å². The molecular formula is C27H25F2N7O2. The number of aliphatic hydroxyl groups is 1. The minimum Gasteiger partial charge on any atom is -0.381 e.